The molecule has 0 unspecified atom stereocenters. The van der Waals surface area contributed by atoms with E-state index in [0.717, 1.165) is 17.7 Å². The highest BCUT2D eigenvalue weighted by atomic mass is 16.5. The molecule has 1 aromatic heterocycles. The first-order chi connectivity index (χ1) is 12.5. The van der Waals surface area contributed by atoms with Gasteiger partial charge in [0.1, 0.15) is 11.5 Å². The van der Waals surface area contributed by atoms with E-state index in [1.54, 1.807) is 12.1 Å². The van der Waals surface area contributed by atoms with Crippen LogP contribution < -0.4 is 15.4 Å². The lowest BCUT2D eigenvalue weighted by Crippen LogP contribution is -2.43. The summed E-state index contributed by atoms with van der Waals surface area (Å²) in [6, 6.07) is 10.8. The van der Waals surface area contributed by atoms with E-state index in [4.69, 9.17) is 9.15 Å². The molecule has 0 saturated carbocycles. The fraction of sp³-hybridized carbons (Fsp3) is 0.368. The number of benzene rings is 1. The highest BCUT2D eigenvalue weighted by Gasteiger charge is 2.10. The number of imide groups is 1. The van der Waals surface area contributed by atoms with E-state index < -0.39 is 6.03 Å². The van der Waals surface area contributed by atoms with Gasteiger partial charge in [-0.2, -0.15) is 0 Å². The largest absolute Gasteiger partial charge is 0.493 e. The predicted octanol–water partition coefficient (Wildman–Crippen LogP) is 2.31. The second kappa shape index (κ2) is 10.2. The van der Waals surface area contributed by atoms with E-state index in [1.165, 1.54) is 6.26 Å². The van der Waals surface area contributed by atoms with Crippen LogP contribution in [0.4, 0.5) is 4.79 Å². The zero-order valence-corrected chi connectivity index (χ0v) is 15.2. The summed E-state index contributed by atoms with van der Waals surface area (Å²) in [5.74, 6) is 1.14. The average molecular weight is 359 g/mol. The van der Waals surface area contributed by atoms with Crippen molar-refractivity contribution in [3.05, 3.63) is 54.0 Å². The van der Waals surface area contributed by atoms with Gasteiger partial charge in [-0.1, -0.05) is 18.2 Å². The van der Waals surface area contributed by atoms with E-state index in [1.807, 2.05) is 43.1 Å². The topological polar surface area (TPSA) is 83.8 Å². The third kappa shape index (κ3) is 6.98. The van der Waals surface area contributed by atoms with Crippen molar-refractivity contribution in [1.82, 2.24) is 15.5 Å². The Morgan fingerprint density at radius 2 is 2.00 bits per heavy atom. The van der Waals surface area contributed by atoms with Crippen LogP contribution >= 0.6 is 0 Å². The first-order valence-electron chi connectivity index (χ1n) is 8.51. The van der Waals surface area contributed by atoms with E-state index in [-0.39, 0.29) is 19.0 Å². The summed E-state index contributed by atoms with van der Waals surface area (Å²) < 4.78 is 10.8. The summed E-state index contributed by atoms with van der Waals surface area (Å²) in [6.07, 6.45) is 2.31. The Labute approximate surface area is 153 Å². The van der Waals surface area contributed by atoms with Crippen LogP contribution in [0.3, 0.4) is 0 Å². The van der Waals surface area contributed by atoms with Crippen LogP contribution in [0.15, 0.2) is 47.1 Å². The second-order valence-corrected chi connectivity index (χ2v) is 6.02. The molecule has 3 amide bonds. The molecule has 0 aliphatic rings. The quantitative estimate of drug-likeness (QED) is 0.671. The SMILES string of the molecule is Cc1ccccc1OCCCN(C)CC(=O)NC(=O)NCc1ccco1. The molecule has 0 spiro atoms. The van der Waals surface area contributed by atoms with Crippen molar-refractivity contribution >= 4 is 11.9 Å². The number of urea groups is 1. The van der Waals surface area contributed by atoms with Gasteiger partial charge in [0.05, 0.1) is 26.0 Å². The molecule has 0 aliphatic heterocycles. The minimum atomic E-state index is -0.539. The lowest BCUT2D eigenvalue weighted by Gasteiger charge is -2.16. The summed E-state index contributed by atoms with van der Waals surface area (Å²) in [6.45, 7) is 3.63. The Hall–Kier alpha value is -2.80. The maximum absolute atomic E-state index is 11.9. The highest BCUT2D eigenvalue weighted by Crippen LogP contribution is 2.16. The van der Waals surface area contributed by atoms with Gasteiger partial charge in [0.15, 0.2) is 0 Å². The fourth-order valence-electron chi connectivity index (χ4n) is 2.35. The zero-order valence-electron chi connectivity index (χ0n) is 15.2. The van der Waals surface area contributed by atoms with Crippen LogP contribution in [0.2, 0.25) is 0 Å². The van der Waals surface area contributed by atoms with E-state index >= 15 is 0 Å². The Morgan fingerprint density at radius 1 is 1.19 bits per heavy atom. The molecular formula is C19H25N3O4. The Bertz CT molecular complexity index is 701. The van der Waals surface area contributed by atoms with Gasteiger partial charge < -0.3 is 14.5 Å². The Balaban J connectivity index is 1.58. The molecule has 0 atom stereocenters. The number of hydrogen-bond donors (Lipinski definition) is 2. The number of carbonyl (C=O) groups excluding carboxylic acids is 2. The van der Waals surface area contributed by atoms with Gasteiger partial charge in [-0.05, 0) is 44.2 Å². The van der Waals surface area contributed by atoms with Crippen molar-refractivity contribution in [3.8, 4) is 5.75 Å². The third-order valence-electron chi connectivity index (χ3n) is 3.71. The molecule has 26 heavy (non-hydrogen) atoms. The van der Waals surface area contributed by atoms with Crippen LogP contribution in [0, 0.1) is 6.92 Å². The monoisotopic (exact) mass is 359 g/mol. The average Bonchev–Trinajstić information content (AvgIpc) is 3.11. The van der Waals surface area contributed by atoms with Gasteiger partial charge >= 0.3 is 6.03 Å². The summed E-state index contributed by atoms with van der Waals surface area (Å²) in [5.41, 5.74) is 1.10. The molecule has 0 bridgehead atoms. The zero-order chi connectivity index (χ0) is 18.8. The van der Waals surface area contributed by atoms with Crippen LogP contribution in [-0.2, 0) is 11.3 Å². The molecule has 0 fully saturated rings. The first-order valence-corrected chi connectivity index (χ1v) is 8.51. The number of furan rings is 1. The number of carbonyl (C=O) groups is 2. The predicted molar refractivity (Wildman–Crippen MR) is 97.9 cm³/mol. The molecule has 2 rings (SSSR count). The maximum Gasteiger partial charge on any atom is 0.321 e. The van der Waals surface area contributed by atoms with Crippen LogP contribution in [0.5, 0.6) is 5.75 Å². The smallest absolute Gasteiger partial charge is 0.321 e. The summed E-state index contributed by atoms with van der Waals surface area (Å²) in [5, 5.41) is 4.86. The molecule has 0 aliphatic carbocycles. The second-order valence-electron chi connectivity index (χ2n) is 6.02. The summed E-state index contributed by atoms with van der Waals surface area (Å²) in [4.78, 5) is 25.4. The van der Waals surface area contributed by atoms with E-state index in [9.17, 15) is 9.59 Å². The number of aryl methyl sites for hydroxylation is 1. The van der Waals surface area contributed by atoms with Crippen molar-refractivity contribution < 1.29 is 18.7 Å². The van der Waals surface area contributed by atoms with Gasteiger partial charge in [0.25, 0.3) is 0 Å². The van der Waals surface area contributed by atoms with Gasteiger partial charge in [0, 0.05) is 6.54 Å². The molecule has 2 N–H and O–H groups in total. The first kappa shape index (κ1) is 19.5. The Morgan fingerprint density at radius 3 is 2.73 bits per heavy atom. The van der Waals surface area contributed by atoms with Crippen molar-refractivity contribution in [3.63, 3.8) is 0 Å². The van der Waals surface area contributed by atoms with E-state index in [0.29, 0.717) is 18.9 Å². The standard InChI is InChI=1S/C19H25N3O4/c1-15-7-3-4-9-17(15)26-12-6-10-22(2)14-18(23)21-19(24)20-13-16-8-5-11-25-16/h3-5,7-9,11H,6,10,12-14H2,1-2H3,(H2,20,21,23,24). The number of ether oxygens (including phenoxy) is 1. The lowest BCUT2D eigenvalue weighted by molar-refractivity contribution is -0.120. The van der Waals surface area contributed by atoms with Crippen LogP contribution in [0.25, 0.3) is 0 Å². The number of para-hydroxylation sites is 1. The summed E-state index contributed by atoms with van der Waals surface area (Å²) >= 11 is 0. The third-order valence-corrected chi connectivity index (χ3v) is 3.71. The van der Waals surface area contributed by atoms with Crippen molar-refractivity contribution in [1.29, 1.82) is 0 Å². The van der Waals surface area contributed by atoms with Gasteiger partial charge in [-0.15, -0.1) is 0 Å². The molecule has 7 heteroatoms. The molecule has 2 aromatic rings. The number of nitrogens with zero attached hydrogens (tertiary/aromatic N) is 1. The van der Waals surface area contributed by atoms with E-state index in [2.05, 4.69) is 10.6 Å². The van der Waals surface area contributed by atoms with Crippen molar-refractivity contribution in [2.24, 2.45) is 0 Å². The minimum absolute atomic E-state index is 0.137. The molecule has 0 saturated heterocycles. The van der Waals surface area contributed by atoms with Crippen molar-refractivity contribution in [2.45, 2.75) is 19.9 Å². The summed E-state index contributed by atoms with van der Waals surface area (Å²) in [7, 11) is 1.83. The molecule has 140 valence electrons. The van der Waals surface area contributed by atoms with Gasteiger partial charge in [-0.25, -0.2) is 4.79 Å². The maximum atomic E-state index is 11.9. The number of hydrogen-bond acceptors (Lipinski definition) is 5. The molecule has 7 nitrogen and oxygen atoms in total. The van der Waals surface area contributed by atoms with Crippen molar-refractivity contribution in [2.75, 3.05) is 26.7 Å². The van der Waals surface area contributed by atoms with Gasteiger partial charge in [0.2, 0.25) is 5.91 Å². The number of rotatable bonds is 9. The Kier molecular flexibility index (Phi) is 7.70. The lowest BCUT2D eigenvalue weighted by atomic mass is 10.2. The number of likely N-dealkylation sites (N-methyl/N-ethyl adjacent to an activating group) is 1. The number of nitrogens with one attached hydrogen (secondary N) is 2. The normalized spacial score (nSPS) is 10.6. The van der Waals surface area contributed by atoms with Crippen LogP contribution in [-0.4, -0.2) is 43.6 Å². The minimum Gasteiger partial charge on any atom is -0.493 e. The van der Waals surface area contributed by atoms with Crippen LogP contribution in [0.1, 0.15) is 17.7 Å². The highest BCUT2D eigenvalue weighted by molar-refractivity contribution is 5.95. The van der Waals surface area contributed by atoms with Gasteiger partial charge in [-0.3, -0.25) is 15.0 Å². The molecular weight excluding hydrogens is 334 g/mol. The number of amides is 3. The molecule has 0 radical (unpaired) electrons. The molecule has 1 heterocycles. The fourth-order valence-corrected chi connectivity index (χ4v) is 2.35. The molecule has 1 aromatic carbocycles.